The zero-order valence-electron chi connectivity index (χ0n) is 11.2. The lowest BCUT2D eigenvalue weighted by Crippen LogP contribution is -2.26. The standard InChI is InChI=1S/C13H13ClFN3O3/c1-20-7-11-17-12(21-18-11)4-5-16-13(19)9-3-2-8(14)6-10(9)15/h2-3,6H,4-5,7H2,1H3,(H,16,19). The Kier molecular flexibility index (Phi) is 5.24. The van der Waals surface area contributed by atoms with Gasteiger partial charge >= 0.3 is 0 Å². The molecular formula is C13H13ClFN3O3. The summed E-state index contributed by atoms with van der Waals surface area (Å²) >= 11 is 5.62. The molecule has 1 amide bonds. The molecule has 0 bridgehead atoms. The molecule has 0 aliphatic rings. The number of halogens is 2. The first-order chi connectivity index (χ1) is 10.1. The molecule has 8 heteroatoms. The smallest absolute Gasteiger partial charge is 0.254 e. The van der Waals surface area contributed by atoms with E-state index in [1.807, 2.05) is 0 Å². The molecule has 1 aromatic carbocycles. The summed E-state index contributed by atoms with van der Waals surface area (Å²) in [5.74, 6) is -0.387. The van der Waals surface area contributed by atoms with Crippen LogP contribution in [0.15, 0.2) is 22.7 Å². The molecule has 0 spiro atoms. The highest BCUT2D eigenvalue weighted by Gasteiger charge is 2.12. The van der Waals surface area contributed by atoms with Crippen molar-refractivity contribution in [2.45, 2.75) is 13.0 Å². The number of ether oxygens (including phenoxy) is 1. The fourth-order valence-corrected chi connectivity index (χ4v) is 1.79. The molecule has 0 atom stereocenters. The largest absolute Gasteiger partial charge is 0.377 e. The predicted octanol–water partition coefficient (Wildman–Crippen LogP) is 1.98. The van der Waals surface area contributed by atoms with Gasteiger partial charge in [0.15, 0.2) is 5.82 Å². The molecule has 1 aromatic heterocycles. The van der Waals surface area contributed by atoms with Crippen LogP contribution in [-0.4, -0.2) is 29.7 Å². The molecule has 6 nitrogen and oxygen atoms in total. The highest BCUT2D eigenvalue weighted by molar-refractivity contribution is 6.30. The van der Waals surface area contributed by atoms with E-state index in [1.54, 1.807) is 0 Å². The van der Waals surface area contributed by atoms with Crippen LogP contribution in [0.25, 0.3) is 0 Å². The second-order valence-corrected chi connectivity index (χ2v) is 4.60. The Hall–Kier alpha value is -1.99. The van der Waals surface area contributed by atoms with Crippen LogP contribution in [0, 0.1) is 5.82 Å². The second kappa shape index (κ2) is 7.14. The molecule has 2 rings (SSSR count). The van der Waals surface area contributed by atoms with Crippen LogP contribution in [0.3, 0.4) is 0 Å². The Morgan fingerprint density at radius 3 is 3.05 bits per heavy atom. The molecular weight excluding hydrogens is 301 g/mol. The lowest BCUT2D eigenvalue weighted by Gasteiger charge is -2.04. The number of carbonyl (C=O) groups excluding carboxylic acids is 1. The van der Waals surface area contributed by atoms with E-state index in [0.717, 1.165) is 6.07 Å². The molecule has 1 heterocycles. The maximum absolute atomic E-state index is 13.5. The monoisotopic (exact) mass is 313 g/mol. The quantitative estimate of drug-likeness (QED) is 0.882. The van der Waals surface area contributed by atoms with E-state index in [0.29, 0.717) is 18.1 Å². The molecule has 0 aliphatic heterocycles. The number of nitrogens with one attached hydrogen (secondary N) is 1. The molecule has 0 saturated carbocycles. The first-order valence-corrected chi connectivity index (χ1v) is 6.51. The van der Waals surface area contributed by atoms with Crippen LogP contribution >= 0.6 is 11.6 Å². The van der Waals surface area contributed by atoms with Gasteiger partial charge in [0.25, 0.3) is 5.91 Å². The van der Waals surface area contributed by atoms with Crippen molar-refractivity contribution in [3.63, 3.8) is 0 Å². The Balaban J connectivity index is 1.86. The van der Waals surface area contributed by atoms with Gasteiger partial charge in [-0.05, 0) is 18.2 Å². The van der Waals surface area contributed by atoms with Crippen LogP contribution in [0.1, 0.15) is 22.1 Å². The minimum atomic E-state index is -0.667. The highest BCUT2D eigenvalue weighted by atomic mass is 35.5. The van der Waals surface area contributed by atoms with Crippen LogP contribution in [0.2, 0.25) is 5.02 Å². The lowest BCUT2D eigenvalue weighted by atomic mass is 10.2. The lowest BCUT2D eigenvalue weighted by molar-refractivity contribution is 0.0949. The molecule has 2 aromatic rings. The summed E-state index contributed by atoms with van der Waals surface area (Å²) in [5, 5.41) is 6.49. The molecule has 0 unspecified atom stereocenters. The van der Waals surface area contributed by atoms with E-state index >= 15 is 0 Å². The Labute approximate surface area is 125 Å². The van der Waals surface area contributed by atoms with Gasteiger partial charge in [0.1, 0.15) is 12.4 Å². The van der Waals surface area contributed by atoms with Crippen molar-refractivity contribution in [3.8, 4) is 0 Å². The minimum absolute atomic E-state index is 0.0648. The van der Waals surface area contributed by atoms with E-state index < -0.39 is 11.7 Å². The van der Waals surface area contributed by atoms with E-state index in [-0.39, 0.29) is 23.7 Å². The number of rotatable bonds is 6. The Bertz CT molecular complexity index is 633. The minimum Gasteiger partial charge on any atom is -0.377 e. The summed E-state index contributed by atoms with van der Waals surface area (Å²) in [4.78, 5) is 15.8. The number of hydrogen-bond donors (Lipinski definition) is 1. The summed E-state index contributed by atoms with van der Waals surface area (Å²) in [6, 6.07) is 3.87. The van der Waals surface area contributed by atoms with Gasteiger partial charge in [0.2, 0.25) is 5.89 Å². The van der Waals surface area contributed by atoms with Crippen LogP contribution in [0.5, 0.6) is 0 Å². The van der Waals surface area contributed by atoms with Crippen molar-refractivity contribution < 1.29 is 18.4 Å². The molecule has 0 aliphatic carbocycles. The third-order valence-corrected chi connectivity index (χ3v) is 2.82. The summed E-state index contributed by atoms with van der Waals surface area (Å²) < 4.78 is 23.4. The van der Waals surface area contributed by atoms with Crippen LogP contribution < -0.4 is 5.32 Å². The molecule has 112 valence electrons. The fraction of sp³-hybridized carbons (Fsp3) is 0.308. The third-order valence-electron chi connectivity index (χ3n) is 2.58. The normalized spacial score (nSPS) is 10.6. The van der Waals surface area contributed by atoms with Crippen molar-refractivity contribution in [2.24, 2.45) is 0 Å². The van der Waals surface area contributed by atoms with Crippen molar-refractivity contribution in [3.05, 3.63) is 46.3 Å². The Morgan fingerprint density at radius 2 is 2.33 bits per heavy atom. The van der Waals surface area contributed by atoms with Gasteiger partial charge in [-0.15, -0.1) is 0 Å². The molecule has 0 radical (unpaired) electrons. The van der Waals surface area contributed by atoms with Gasteiger partial charge in [-0.25, -0.2) is 4.39 Å². The first-order valence-electron chi connectivity index (χ1n) is 6.14. The van der Waals surface area contributed by atoms with Gasteiger partial charge in [-0.3, -0.25) is 4.79 Å². The predicted molar refractivity (Wildman–Crippen MR) is 72.5 cm³/mol. The van der Waals surface area contributed by atoms with Crippen molar-refractivity contribution in [2.75, 3.05) is 13.7 Å². The number of aromatic nitrogens is 2. The maximum atomic E-state index is 13.5. The van der Waals surface area contributed by atoms with Gasteiger partial charge < -0.3 is 14.6 Å². The summed E-state index contributed by atoms with van der Waals surface area (Å²) in [7, 11) is 1.52. The molecule has 0 saturated heterocycles. The number of amides is 1. The number of benzene rings is 1. The van der Waals surface area contributed by atoms with E-state index in [4.69, 9.17) is 20.9 Å². The van der Waals surface area contributed by atoms with Crippen LogP contribution in [0.4, 0.5) is 4.39 Å². The number of nitrogens with zero attached hydrogens (tertiary/aromatic N) is 2. The van der Waals surface area contributed by atoms with Crippen molar-refractivity contribution in [1.82, 2.24) is 15.5 Å². The van der Waals surface area contributed by atoms with Gasteiger partial charge in [0, 0.05) is 25.1 Å². The zero-order chi connectivity index (χ0) is 15.2. The van der Waals surface area contributed by atoms with Gasteiger partial charge in [-0.2, -0.15) is 4.98 Å². The van der Waals surface area contributed by atoms with Crippen molar-refractivity contribution >= 4 is 17.5 Å². The number of hydrogen-bond acceptors (Lipinski definition) is 5. The fourth-order valence-electron chi connectivity index (χ4n) is 1.63. The average molecular weight is 314 g/mol. The zero-order valence-corrected chi connectivity index (χ0v) is 12.0. The summed E-state index contributed by atoms with van der Waals surface area (Å²) in [6.07, 6.45) is 0.345. The maximum Gasteiger partial charge on any atom is 0.254 e. The summed E-state index contributed by atoms with van der Waals surface area (Å²) in [6.45, 7) is 0.501. The number of carbonyl (C=O) groups is 1. The SMILES string of the molecule is COCc1noc(CCNC(=O)c2ccc(Cl)cc2F)n1. The summed E-state index contributed by atoms with van der Waals surface area (Å²) in [5.41, 5.74) is -0.0648. The molecule has 1 N–H and O–H groups in total. The van der Waals surface area contributed by atoms with Crippen LogP contribution in [-0.2, 0) is 17.8 Å². The van der Waals surface area contributed by atoms with Gasteiger partial charge in [-0.1, -0.05) is 16.8 Å². The van der Waals surface area contributed by atoms with E-state index in [9.17, 15) is 9.18 Å². The first kappa shape index (κ1) is 15.4. The van der Waals surface area contributed by atoms with Gasteiger partial charge in [0.05, 0.1) is 5.56 Å². The van der Waals surface area contributed by atoms with E-state index in [2.05, 4.69) is 15.5 Å². The second-order valence-electron chi connectivity index (χ2n) is 4.17. The average Bonchev–Trinajstić information content (AvgIpc) is 2.86. The number of methoxy groups -OCH3 is 1. The highest BCUT2D eigenvalue weighted by Crippen LogP contribution is 2.14. The van der Waals surface area contributed by atoms with E-state index in [1.165, 1.54) is 19.2 Å². The third kappa shape index (κ3) is 4.24. The topological polar surface area (TPSA) is 77.3 Å². The van der Waals surface area contributed by atoms with Crippen molar-refractivity contribution in [1.29, 1.82) is 0 Å². The molecule has 0 fully saturated rings. The molecule has 21 heavy (non-hydrogen) atoms. The Morgan fingerprint density at radius 1 is 1.52 bits per heavy atom.